The van der Waals surface area contributed by atoms with Gasteiger partial charge in [0.15, 0.2) is 17.3 Å². The van der Waals surface area contributed by atoms with Crippen LogP contribution >= 0.6 is 24.0 Å². The third kappa shape index (κ3) is 4.20. The highest BCUT2D eigenvalue weighted by Crippen LogP contribution is 2.37. The summed E-state index contributed by atoms with van der Waals surface area (Å²) in [5, 5.41) is 1.69. The van der Waals surface area contributed by atoms with E-state index in [4.69, 9.17) is 31.7 Å². The molecule has 0 saturated carbocycles. The van der Waals surface area contributed by atoms with Crippen LogP contribution < -0.4 is 9.47 Å². The van der Waals surface area contributed by atoms with Gasteiger partial charge in [-0.05, 0) is 31.7 Å². The molecule has 2 aromatic carbocycles. The number of benzene rings is 2. The smallest absolute Gasteiger partial charge is 0.162 e. The molecule has 1 aromatic heterocycles. The lowest BCUT2D eigenvalue weighted by atomic mass is 10.2. The number of rotatable bonds is 6. The zero-order chi connectivity index (χ0) is 20.1. The zero-order valence-electron chi connectivity index (χ0n) is 16.4. The molecule has 0 amide bonds. The molecule has 5 nitrogen and oxygen atoms in total. The SMILES string of the molecule is CCN(CC)C(=S)Sc1nc(-c2ccccc2)nc2cc(OC)c(OC)cc12. The van der Waals surface area contributed by atoms with E-state index in [2.05, 4.69) is 18.7 Å². The van der Waals surface area contributed by atoms with Gasteiger partial charge in [-0.1, -0.05) is 42.5 Å². The third-order valence-electron chi connectivity index (χ3n) is 4.40. The molecular weight excluding hydrogens is 390 g/mol. The molecule has 0 bridgehead atoms. The number of fused-ring (bicyclic) bond motifs is 1. The molecule has 146 valence electrons. The predicted octanol–water partition coefficient (Wildman–Crippen LogP) is 5.03. The highest BCUT2D eigenvalue weighted by atomic mass is 32.2. The second kappa shape index (κ2) is 9.21. The van der Waals surface area contributed by atoms with E-state index >= 15 is 0 Å². The molecule has 0 radical (unpaired) electrons. The molecule has 0 atom stereocenters. The Morgan fingerprint density at radius 1 is 1.00 bits per heavy atom. The molecule has 3 rings (SSSR count). The summed E-state index contributed by atoms with van der Waals surface area (Å²) in [5.41, 5.74) is 1.74. The van der Waals surface area contributed by atoms with Crippen LogP contribution in [0.15, 0.2) is 47.5 Å². The summed E-state index contributed by atoms with van der Waals surface area (Å²) in [6, 6.07) is 13.7. The van der Waals surface area contributed by atoms with Crippen LogP contribution in [0.25, 0.3) is 22.3 Å². The molecule has 1 heterocycles. The van der Waals surface area contributed by atoms with Gasteiger partial charge in [-0.3, -0.25) is 0 Å². The minimum atomic E-state index is 0.634. The number of aromatic nitrogens is 2. The summed E-state index contributed by atoms with van der Waals surface area (Å²) in [7, 11) is 3.24. The highest BCUT2D eigenvalue weighted by Gasteiger charge is 2.17. The maximum absolute atomic E-state index is 5.66. The van der Waals surface area contributed by atoms with Crippen LogP contribution in [-0.2, 0) is 0 Å². The minimum absolute atomic E-state index is 0.634. The van der Waals surface area contributed by atoms with Crippen LogP contribution in [-0.4, -0.2) is 46.5 Å². The predicted molar refractivity (Wildman–Crippen MR) is 119 cm³/mol. The summed E-state index contributed by atoms with van der Waals surface area (Å²) in [6.45, 7) is 5.90. The molecule has 7 heteroatoms. The molecule has 0 aliphatic heterocycles. The van der Waals surface area contributed by atoms with E-state index in [9.17, 15) is 0 Å². The van der Waals surface area contributed by atoms with Crippen molar-refractivity contribution in [2.24, 2.45) is 0 Å². The number of thioether (sulfide) groups is 1. The van der Waals surface area contributed by atoms with E-state index in [-0.39, 0.29) is 0 Å². The average molecular weight is 414 g/mol. The van der Waals surface area contributed by atoms with E-state index in [0.717, 1.165) is 38.9 Å². The summed E-state index contributed by atoms with van der Waals surface area (Å²) in [6.07, 6.45) is 0. The maximum atomic E-state index is 5.66. The molecule has 0 aliphatic rings. The zero-order valence-corrected chi connectivity index (χ0v) is 18.1. The number of nitrogens with zero attached hydrogens (tertiary/aromatic N) is 3. The van der Waals surface area contributed by atoms with Gasteiger partial charge in [0.1, 0.15) is 9.35 Å². The standard InChI is InChI=1S/C21H23N3O2S2/c1-5-24(6-2)21(27)28-20-15-12-17(25-3)18(26-4)13-16(15)22-19(23-20)14-10-8-7-9-11-14/h7-13H,5-6H2,1-4H3. The molecule has 28 heavy (non-hydrogen) atoms. The minimum Gasteiger partial charge on any atom is -0.493 e. The first kappa shape index (κ1) is 20.4. The molecule has 0 unspecified atom stereocenters. The second-order valence-corrected chi connectivity index (χ2v) is 7.61. The molecule has 0 fully saturated rings. The number of hydrogen-bond acceptors (Lipinski definition) is 6. The second-order valence-electron chi connectivity index (χ2n) is 5.98. The quantitative estimate of drug-likeness (QED) is 0.319. The van der Waals surface area contributed by atoms with Crippen molar-refractivity contribution >= 4 is 39.2 Å². The Bertz CT molecular complexity index is 976. The van der Waals surface area contributed by atoms with Crippen LogP contribution in [0.4, 0.5) is 0 Å². The number of thiocarbonyl (C=S) groups is 1. The summed E-state index contributed by atoms with van der Waals surface area (Å²) < 4.78 is 11.7. The molecule has 3 aromatic rings. The lowest BCUT2D eigenvalue weighted by Crippen LogP contribution is -2.26. The van der Waals surface area contributed by atoms with Gasteiger partial charge >= 0.3 is 0 Å². The van der Waals surface area contributed by atoms with Crippen LogP contribution in [0.3, 0.4) is 0 Å². The Morgan fingerprint density at radius 3 is 2.25 bits per heavy atom. The van der Waals surface area contributed by atoms with E-state index in [1.54, 1.807) is 14.2 Å². The van der Waals surface area contributed by atoms with Gasteiger partial charge in [-0.25, -0.2) is 9.97 Å². The third-order valence-corrected chi connectivity index (χ3v) is 5.85. The molecule has 0 saturated heterocycles. The van der Waals surface area contributed by atoms with Crippen molar-refractivity contribution < 1.29 is 9.47 Å². The van der Waals surface area contributed by atoms with Crippen molar-refractivity contribution in [3.8, 4) is 22.9 Å². The fraction of sp³-hybridized carbons (Fsp3) is 0.286. The summed E-state index contributed by atoms with van der Waals surface area (Å²) in [4.78, 5) is 11.7. The van der Waals surface area contributed by atoms with Crippen molar-refractivity contribution in [1.82, 2.24) is 14.9 Å². The Morgan fingerprint density at radius 2 is 1.64 bits per heavy atom. The lowest BCUT2D eigenvalue weighted by molar-refractivity contribution is 0.355. The van der Waals surface area contributed by atoms with E-state index in [1.807, 2.05) is 42.5 Å². The van der Waals surface area contributed by atoms with Gasteiger partial charge in [-0.15, -0.1) is 0 Å². The Kier molecular flexibility index (Phi) is 6.70. The van der Waals surface area contributed by atoms with Gasteiger partial charge in [0, 0.05) is 30.1 Å². The van der Waals surface area contributed by atoms with Crippen LogP contribution in [0, 0.1) is 0 Å². The molecule has 0 spiro atoms. The Balaban J connectivity index is 2.18. The van der Waals surface area contributed by atoms with Gasteiger partial charge < -0.3 is 14.4 Å². The fourth-order valence-electron chi connectivity index (χ4n) is 2.85. The van der Waals surface area contributed by atoms with Gasteiger partial charge in [0.05, 0.1) is 19.7 Å². The fourth-order valence-corrected chi connectivity index (χ4v) is 4.30. The van der Waals surface area contributed by atoms with Crippen molar-refractivity contribution in [2.75, 3.05) is 27.3 Å². The van der Waals surface area contributed by atoms with Crippen LogP contribution in [0.1, 0.15) is 13.8 Å². The van der Waals surface area contributed by atoms with Crippen LogP contribution in [0.2, 0.25) is 0 Å². The summed E-state index contributed by atoms with van der Waals surface area (Å²) in [5.74, 6) is 1.93. The Labute approximate surface area is 175 Å². The molecular formula is C21H23N3O2S2. The maximum Gasteiger partial charge on any atom is 0.162 e. The van der Waals surface area contributed by atoms with E-state index in [1.165, 1.54) is 11.8 Å². The average Bonchev–Trinajstić information content (AvgIpc) is 2.74. The monoisotopic (exact) mass is 413 g/mol. The van der Waals surface area contributed by atoms with Gasteiger partial charge in [-0.2, -0.15) is 0 Å². The van der Waals surface area contributed by atoms with Crippen molar-refractivity contribution in [3.05, 3.63) is 42.5 Å². The van der Waals surface area contributed by atoms with Crippen LogP contribution in [0.5, 0.6) is 11.5 Å². The topological polar surface area (TPSA) is 47.5 Å². The first-order valence-corrected chi connectivity index (χ1v) is 10.3. The number of methoxy groups -OCH3 is 2. The Hall–Kier alpha value is -2.38. The van der Waals surface area contributed by atoms with Crippen molar-refractivity contribution in [3.63, 3.8) is 0 Å². The highest BCUT2D eigenvalue weighted by molar-refractivity contribution is 8.23. The largest absolute Gasteiger partial charge is 0.493 e. The van der Waals surface area contributed by atoms with E-state index in [0.29, 0.717) is 17.3 Å². The lowest BCUT2D eigenvalue weighted by Gasteiger charge is -2.21. The van der Waals surface area contributed by atoms with Gasteiger partial charge in [0.25, 0.3) is 0 Å². The molecule has 0 aliphatic carbocycles. The first-order chi connectivity index (χ1) is 13.6. The van der Waals surface area contributed by atoms with Gasteiger partial charge in [0.2, 0.25) is 0 Å². The summed E-state index contributed by atoms with van der Waals surface area (Å²) >= 11 is 7.14. The molecule has 0 N–H and O–H groups in total. The van der Waals surface area contributed by atoms with E-state index < -0.39 is 0 Å². The van der Waals surface area contributed by atoms with Crippen molar-refractivity contribution in [2.45, 2.75) is 18.9 Å². The first-order valence-electron chi connectivity index (χ1n) is 9.07. The number of ether oxygens (including phenoxy) is 2. The number of hydrogen-bond donors (Lipinski definition) is 0. The normalized spacial score (nSPS) is 10.7. The van der Waals surface area contributed by atoms with Crippen molar-refractivity contribution in [1.29, 1.82) is 0 Å².